The van der Waals surface area contributed by atoms with Crippen molar-refractivity contribution in [2.24, 2.45) is 5.92 Å². The number of thioether (sulfide) groups is 1. The fourth-order valence-corrected chi connectivity index (χ4v) is 3.41. The second kappa shape index (κ2) is 10.3. The van der Waals surface area contributed by atoms with Crippen LogP contribution in [-0.4, -0.2) is 39.0 Å². The molecule has 0 aliphatic carbocycles. The Morgan fingerprint density at radius 2 is 1.97 bits per heavy atom. The van der Waals surface area contributed by atoms with Crippen LogP contribution in [0.1, 0.15) is 19.6 Å². The van der Waals surface area contributed by atoms with Gasteiger partial charge >= 0.3 is 6.03 Å². The maximum absolute atomic E-state index is 12.1. The molecular weight excluding hydrogens is 426 g/mol. The highest BCUT2D eigenvalue weighted by Gasteiger charge is 2.18. The predicted molar refractivity (Wildman–Crippen MR) is 115 cm³/mol. The van der Waals surface area contributed by atoms with E-state index in [2.05, 4.69) is 20.8 Å². The average Bonchev–Trinajstić information content (AvgIpc) is 3.36. The fourth-order valence-electron chi connectivity index (χ4n) is 2.54. The molecular formula is C20H22ClN5O3S. The van der Waals surface area contributed by atoms with Crippen molar-refractivity contribution in [3.63, 3.8) is 0 Å². The first-order chi connectivity index (χ1) is 14.4. The number of nitrogens with one attached hydrogen (secondary N) is 2. The van der Waals surface area contributed by atoms with Gasteiger partial charge in [0, 0.05) is 17.1 Å². The minimum atomic E-state index is -0.506. The number of carbonyl (C=O) groups is 2. The van der Waals surface area contributed by atoms with Gasteiger partial charge in [-0.05, 0) is 42.3 Å². The Morgan fingerprint density at radius 1 is 1.20 bits per heavy atom. The molecule has 3 amide bonds. The lowest BCUT2D eigenvalue weighted by molar-refractivity contribution is -0.117. The first-order valence-corrected chi connectivity index (χ1v) is 10.7. The number of hydrogen-bond donors (Lipinski definition) is 2. The first-order valence-electron chi connectivity index (χ1n) is 9.34. The van der Waals surface area contributed by atoms with Crippen molar-refractivity contribution < 1.29 is 14.0 Å². The van der Waals surface area contributed by atoms with Crippen molar-refractivity contribution >= 4 is 35.3 Å². The number of amides is 3. The first kappa shape index (κ1) is 21.9. The molecule has 0 unspecified atom stereocenters. The number of benzene rings is 1. The Kier molecular flexibility index (Phi) is 7.53. The number of furan rings is 1. The lowest BCUT2D eigenvalue weighted by Gasteiger charge is -2.10. The molecule has 2 N–H and O–H groups in total. The molecule has 0 aliphatic rings. The van der Waals surface area contributed by atoms with E-state index < -0.39 is 11.9 Å². The zero-order valence-corrected chi connectivity index (χ0v) is 18.2. The molecule has 0 bridgehead atoms. The van der Waals surface area contributed by atoms with Gasteiger partial charge in [0.1, 0.15) is 5.76 Å². The summed E-state index contributed by atoms with van der Waals surface area (Å²) in [4.78, 5) is 23.9. The van der Waals surface area contributed by atoms with Crippen LogP contribution in [0.25, 0.3) is 11.4 Å². The fraction of sp³-hybridized carbons (Fsp3) is 0.300. The molecule has 1 aromatic carbocycles. The molecule has 0 saturated heterocycles. The van der Waals surface area contributed by atoms with Gasteiger partial charge in [-0.2, -0.15) is 0 Å². The zero-order chi connectivity index (χ0) is 21.5. The van der Waals surface area contributed by atoms with Gasteiger partial charge in [-0.1, -0.05) is 37.2 Å². The number of nitrogens with zero attached hydrogens (tertiary/aromatic N) is 3. The molecule has 0 atom stereocenters. The van der Waals surface area contributed by atoms with Crippen LogP contribution < -0.4 is 10.6 Å². The largest absolute Gasteiger partial charge is 0.467 e. The van der Waals surface area contributed by atoms with E-state index in [1.807, 2.05) is 36.6 Å². The van der Waals surface area contributed by atoms with Crippen molar-refractivity contribution in [1.82, 2.24) is 25.4 Å². The van der Waals surface area contributed by atoms with Gasteiger partial charge in [0.2, 0.25) is 5.91 Å². The summed E-state index contributed by atoms with van der Waals surface area (Å²) in [5, 5.41) is 14.6. The van der Waals surface area contributed by atoms with Crippen LogP contribution in [0.3, 0.4) is 0 Å². The van der Waals surface area contributed by atoms with E-state index in [9.17, 15) is 9.59 Å². The van der Waals surface area contributed by atoms with Gasteiger partial charge in [-0.15, -0.1) is 10.2 Å². The lowest BCUT2D eigenvalue weighted by atomic mass is 10.2. The van der Waals surface area contributed by atoms with E-state index in [-0.39, 0.29) is 5.75 Å². The average molecular weight is 448 g/mol. The zero-order valence-electron chi connectivity index (χ0n) is 16.6. The van der Waals surface area contributed by atoms with E-state index in [0.717, 1.165) is 11.3 Å². The molecule has 30 heavy (non-hydrogen) atoms. The van der Waals surface area contributed by atoms with E-state index in [4.69, 9.17) is 16.0 Å². The van der Waals surface area contributed by atoms with Gasteiger partial charge in [-0.25, -0.2) is 4.79 Å². The van der Waals surface area contributed by atoms with Crippen molar-refractivity contribution in [3.05, 3.63) is 53.4 Å². The van der Waals surface area contributed by atoms with Gasteiger partial charge in [0.25, 0.3) is 0 Å². The maximum Gasteiger partial charge on any atom is 0.321 e. The molecule has 0 radical (unpaired) electrons. The van der Waals surface area contributed by atoms with Gasteiger partial charge in [-0.3, -0.25) is 14.7 Å². The standard InChI is InChI=1S/C20H22ClN5O3S/c1-13(2)10-22-19(28)23-17(27)12-30-20-25-24-18(14-5-7-15(21)8-6-14)26(20)11-16-4-3-9-29-16/h3-9,13H,10-12H2,1-2H3,(H2,22,23,27,28). The topological polar surface area (TPSA) is 102 Å². The Morgan fingerprint density at radius 3 is 2.63 bits per heavy atom. The quantitative estimate of drug-likeness (QED) is 0.509. The van der Waals surface area contributed by atoms with E-state index in [0.29, 0.717) is 35.0 Å². The molecule has 0 saturated carbocycles. The monoisotopic (exact) mass is 447 g/mol. The van der Waals surface area contributed by atoms with Crippen LogP contribution in [-0.2, 0) is 11.3 Å². The molecule has 158 valence electrons. The molecule has 3 rings (SSSR count). The minimum absolute atomic E-state index is 0.0198. The summed E-state index contributed by atoms with van der Waals surface area (Å²) in [5.74, 6) is 1.25. The van der Waals surface area contributed by atoms with E-state index >= 15 is 0 Å². The van der Waals surface area contributed by atoms with Crippen LogP contribution >= 0.6 is 23.4 Å². The summed E-state index contributed by atoms with van der Waals surface area (Å²) in [6.07, 6.45) is 1.59. The number of imide groups is 1. The molecule has 8 nitrogen and oxygen atoms in total. The number of hydrogen-bond acceptors (Lipinski definition) is 6. The molecule has 0 fully saturated rings. The van der Waals surface area contributed by atoms with Crippen LogP contribution in [0.4, 0.5) is 4.79 Å². The van der Waals surface area contributed by atoms with Crippen LogP contribution in [0, 0.1) is 5.92 Å². The molecule has 3 aromatic rings. The van der Waals surface area contributed by atoms with E-state index in [1.165, 1.54) is 11.8 Å². The summed E-state index contributed by atoms with van der Waals surface area (Å²) in [6, 6.07) is 10.4. The number of halogens is 1. The summed E-state index contributed by atoms with van der Waals surface area (Å²) < 4.78 is 7.32. The van der Waals surface area contributed by atoms with Crippen molar-refractivity contribution in [2.45, 2.75) is 25.5 Å². The minimum Gasteiger partial charge on any atom is -0.467 e. The maximum atomic E-state index is 12.1. The Balaban J connectivity index is 1.71. The third-order valence-electron chi connectivity index (χ3n) is 3.97. The Bertz CT molecular complexity index is 987. The highest BCUT2D eigenvalue weighted by atomic mass is 35.5. The molecule has 0 spiro atoms. The summed E-state index contributed by atoms with van der Waals surface area (Å²) in [7, 11) is 0. The van der Waals surface area contributed by atoms with Crippen LogP contribution in [0.5, 0.6) is 0 Å². The van der Waals surface area contributed by atoms with Crippen molar-refractivity contribution in [2.75, 3.05) is 12.3 Å². The third kappa shape index (κ3) is 6.11. The third-order valence-corrected chi connectivity index (χ3v) is 5.19. The predicted octanol–water partition coefficient (Wildman–Crippen LogP) is 3.81. The van der Waals surface area contributed by atoms with Gasteiger partial charge in [0.05, 0.1) is 18.6 Å². The Labute approximate surface area is 183 Å². The smallest absolute Gasteiger partial charge is 0.321 e. The number of urea groups is 1. The number of aromatic nitrogens is 3. The molecule has 2 aromatic heterocycles. The molecule has 10 heteroatoms. The van der Waals surface area contributed by atoms with Crippen molar-refractivity contribution in [1.29, 1.82) is 0 Å². The second-order valence-corrected chi connectivity index (χ2v) is 8.30. The summed E-state index contributed by atoms with van der Waals surface area (Å²) in [5.41, 5.74) is 0.836. The number of carbonyl (C=O) groups excluding carboxylic acids is 2. The summed E-state index contributed by atoms with van der Waals surface area (Å²) >= 11 is 7.18. The molecule has 0 aliphatic heterocycles. The highest BCUT2D eigenvalue weighted by Crippen LogP contribution is 2.26. The summed E-state index contributed by atoms with van der Waals surface area (Å²) in [6.45, 7) is 4.84. The highest BCUT2D eigenvalue weighted by molar-refractivity contribution is 7.99. The van der Waals surface area contributed by atoms with Crippen LogP contribution in [0.2, 0.25) is 5.02 Å². The molecule has 2 heterocycles. The Hall–Kier alpha value is -2.78. The van der Waals surface area contributed by atoms with Crippen LogP contribution in [0.15, 0.2) is 52.2 Å². The lowest BCUT2D eigenvalue weighted by Crippen LogP contribution is -2.41. The van der Waals surface area contributed by atoms with Crippen molar-refractivity contribution in [3.8, 4) is 11.4 Å². The second-order valence-electron chi connectivity index (χ2n) is 6.92. The number of rotatable bonds is 8. The SMILES string of the molecule is CC(C)CNC(=O)NC(=O)CSc1nnc(-c2ccc(Cl)cc2)n1Cc1ccco1. The van der Waals surface area contributed by atoms with E-state index in [1.54, 1.807) is 24.5 Å². The normalized spacial score (nSPS) is 10.9. The van der Waals surface area contributed by atoms with Gasteiger partial charge in [0.15, 0.2) is 11.0 Å². The van der Waals surface area contributed by atoms with Gasteiger partial charge < -0.3 is 9.73 Å².